The van der Waals surface area contributed by atoms with Gasteiger partial charge in [-0.05, 0) is 24.5 Å². The summed E-state index contributed by atoms with van der Waals surface area (Å²) in [7, 11) is -3.40. The van der Waals surface area contributed by atoms with E-state index in [0.717, 1.165) is 23.2 Å². The molecule has 0 unspecified atom stereocenters. The van der Waals surface area contributed by atoms with Gasteiger partial charge in [0, 0.05) is 13.0 Å². The van der Waals surface area contributed by atoms with Crippen molar-refractivity contribution in [1.82, 2.24) is 5.32 Å². The minimum absolute atomic E-state index is 0.0797. The van der Waals surface area contributed by atoms with Crippen molar-refractivity contribution in [3.8, 4) is 0 Å². The predicted octanol–water partition coefficient (Wildman–Crippen LogP) is 1.85. The van der Waals surface area contributed by atoms with Crippen LogP contribution in [0.3, 0.4) is 0 Å². The molecule has 0 bridgehead atoms. The Morgan fingerprint density at radius 3 is 2.48 bits per heavy atom. The van der Waals surface area contributed by atoms with E-state index in [2.05, 4.69) is 5.32 Å². The lowest BCUT2D eigenvalue weighted by atomic mass is 10.1. The highest BCUT2D eigenvalue weighted by molar-refractivity contribution is 7.92. The Bertz CT molecular complexity index is 597. The molecular formula is C15H24N2O3S. The Morgan fingerprint density at radius 1 is 1.29 bits per heavy atom. The average Bonchev–Trinajstić information content (AvgIpc) is 2.42. The molecule has 0 saturated carbocycles. The van der Waals surface area contributed by atoms with Crippen molar-refractivity contribution in [2.24, 2.45) is 0 Å². The second-order valence-corrected chi connectivity index (χ2v) is 6.88. The second kappa shape index (κ2) is 7.45. The quantitative estimate of drug-likeness (QED) is 0.835. The Hall–Kier alpha value is -1.56. The fourth-order valence-electron chi connectivity index (χ4n) is 2.23. The summed E-state index contributed by atoms with van der Waals surface area (Å²) in [5, 5.41) is 2.72. The van der Waals surface area contributed by atoms with Gasteiger partial charge in [-0.2, -0.15) is 0 Å². The van der Waals surface area contributed by atoms with Gasteiger partial charge < -0.3 is 5.32 Å². The number of nitrogens with one attached hydrogen (secondary N) is 1. The van der Waals surface area contributed by atoms with Crippen LogP contribution in [0, 0.1) is 6.92 Å². The van der Waals surface area contributed by atoms with Crippen molar-refractivity contribution in [1.29, 1.82) is 0 Å². The fourth-order valence-corrected chi connectivity index (χ4v) is 3.24. The van der Waals surface area contributed by atoms with E-state index in [9.17, 15) is 13.2 Å². The third-order valence-corrected chi connectivity index (χ3v) is 4.48. The van der Waals surface area contributed by atoms with Crippen molar-refractivity contribution < 1.29 is 13.2 Å². The lowest BCUT2D eigenvalue weighted by Crippen LogP contribution is -2.38. The van der Waals surface area contributed by atoms with E-state index in [-0.39, 0.29) is 12.5 Å². The molecule has 1 N–H and O–H groups in total. The van der Waals surface area contributed by atoms with Crippen LogP contribution in [0.1, 0.15) is 31.4 Å². The molecule has 1 rings (SSSR count). The van der Waals surface area contributed by atoms with Gasteiger partial charge in [0.15, 0.2) is 0 Å². The van der Waals surface area contributed by atoms with Crippen LogP contribution in [-0.2, 0) is 21.2 Å². The number of carbonyl (C=O) groups is 1. The highest BCUT2D eigenvalue weighted by atomic mass is 32.2. The molecule has 0 fully saturated rings. The van der Waals surface area contributed by atoms with Crippen LogP contribution >= 0.6 is 0 Å². The molecule has 0 heterocycles. The maximum absolute atomic E-state index is 12.1. The number of benzene rings is 1. The number of rotatable bonds is 7. The smallest absolute Gasteiger partial charge is 0.232 e. The second-order valence-electron chi connectivity index (χ2n) is 4.97. The molecule has 0 aromatic heterocycles. The van der Waals surface area contributed by atoms with Crippen molar-refractivity contribution in [3.05, 3.63) is 29.3 Å². The van der Waals surface area contributed by atoms with E-state index in [4.69, 9.17) is 0 Å². The van der Waals surface area contributed by atoms with Crippen LogP contribution in [-0.4, -0.2) is 33.7 Å². The third kappa shape index (κ3) is 4.74. The molecule has 5 nitrogen and oxygen atoms in total. The molecule has 0 saturated heterocycles. The summed E-state index contributed by atoms with van der Waals surface area (Å²) in [4.78, 5) is 11.3. The number of para-hydroxylation sites is 1. The first-order valence-electron chi connectivity index (χ1n) is 7.14. The van der Waals surface area contributed by atoms with Gasteiger partial charge in [-0.25, -0.2) is 8.42 Å². The molecule has 0 aliphatic heterocycles. The van der Waals surface area contributed by atoms with Crippen LogP contribution in [0.5, 0.6) is 0 Å². The number of carbonyl (C=O) groups excluding carboxylic acids is 1. The van der Waals surface area contributed by atoms with Gasteiger partial charge in [0.05, 0.1) is 18.5 Å². The van der Waals surface area contributed by atoms with Crippen LogP contribution in [0.25, 0.3) is 0 Å². The normalized spacial score (nSPS) is 11.2. The molecule has 21 heavy (non-hydrogen) atoms. The minimum atomic E-state index is -3.40. The summed E-state index contributed by atoms with van der Waals surface area (Å²) in [6, 6.07) is 5.76. The first kappa shape index (κ1) is 17.5. The Balaban J connectivity index is 3.08. The standard InChI is InChI=1S/C15H24N2O3S/c1-5-13-9-7-8-12(3)15(13)17(21(4,19)20)11-10-16-14(18)6-2/h7-9H,5-6,10-11H2,1-4H3,(H,16,18). The van der Waals surface area contributed by atoms with Crippen LogP contribution < -0.4 is 9.62 Å². The van der Waals surface area contributed by atoms with E-state index >= 15 is 0 Å². The van der Waals surface area contributed by atoms with Gasteiger partial charge in [-0.1, -0.05) is 32.0 Å². The summed E-state index contributed by atoms with van der Waals surface area (Å²) in [6.45, 7) is 6.20. The molecule has 1 aromatic rings. The van der Waals surface area contributed by atoms with Crippen molar-refractivity contribution in [2.75, 3.05) is 23.7 Å². The Kier molecular flexibility index (Phi) is 6.20. The molecule has 1 amide bonds. The van der Waals surface area contributed by atoms with Crippen molar-refractivity contribution in [3.63, 3.8) is 0 Å². The van der Waals surface area contributed by atoms with E-state index in [1.165, 1.54) is 10.6 Å². The largest absolute Gasteiger partial charge is 0.354 e. The van der Waals surface area contributed by atoms with E-state index in [1.54, 1.807) is 6.92 Å². The molecule has 0 aliphatic carbocycles. The zero-order valence-corrected chi connectivity index (χ0v) is 14.0. The molecule has 118 valence electrons. The summed E-state index contributed by atoms with van der Waals surface area (Å²) < 4.78 is 25.6. The van der Waals surface area contributed by atoms with Crippen molar-refractivity contribution in [2.45, 2.75) is 33.6 Å². The highest BCUT2D eigenvalue weighted by Crippen LogP contribution is 2.27. The summed E-state index contributed by atoms with van der Waals surface area (Å²) >= 11 is 0. The molecule has 0 radical (unpaired) electrons. The average molecular weight is 312 g/mol. The first-order valence-corrected chi connectivity index (χ1v) is 8.99. The molecule has 0 atom stereocenters. The zero-order chi connectivity index (χ0) is 16.0. The monoisotopic (exact) mass is 312 g/mol. The Morgan fingerprint density at radius 2 is 1.95 bits per heavy atom. The lowest BCUT2D eigenvalue weighted by Gasteiger charge is -2.26. The molecular weight excluding hydrogens is 288 g/mol. The zero-order valence-electron chi connectivity index (χ0n) is 13.1. The number of nitrogens with zero attached hydrogens (tertiary/aromatic N) is 1. The van der Waals surface area contributed by atoms with Gasteiger partial charge >= 0.3 is 0 Å². The number of anilines is 1. The van der Waals surface area contributed by atoms with Crippen LogP contribution in [0.15, 0.2) is 18.2 Å². The summed E-state index contributed by atoms with van der Waals surface area (Å²) in [5.74, 6) is -0.0797. The SMILES string of the molecule is CCC(=O)NCCN(c1c(C)cccc1CC)S(C)(=O)=O. The van der Waals surface area contributed by atoms with Gasteiger partial charge in [0.2, 0.25) is 15.9 Å². The Labute approximate surface area is 127 Å². The number of amides is 1. The van der Waals surface area contributed by atoms with E-state index in [0.29, 0.717) is 13.0 Å². The maximum Gasteiger partial charge on any atom is 0.232 e. The number of sulfonamides is 1. The maximum atomic E-state index is 12.1. The third-order valence-electron chi connectivity index (χ3n) is 3.31. The highest BCUT2D eigenvalue weighted by Gasteiger charge is 2.21. The molecule has 0 aliphatic rings. The number of hydrogen-bond acceptors (Lipinski definition) is 3. The molecule has 6 heteroatoms. The fraction of sp³-hybridized carbons (Fsp3) is 0.533. The predicted molar refractivity (Wildman–Crippen MR) is 86.0 cm³/mol. The number of aryl methyl sites for hydroxylation is 2. The first-order chi connectivity index (χ1) is 9.81. The van der Waals surface area contributed by atoms with Gasteiger partial charge in [0.1, 0.15) is 0 Å². The van der Waals surface area contributed by atoms with Gasteiger partial charge in [-0.3, -0.25) is 9.10 Å². The topological polar surface area (TPSA) is 66.5 Å². The molecule has 1 aromatic carbocycles. The molecule has 0 spiro atoms. The van der Waals surface area contributed by atoms with Crippen LogP contribution in [0.4, 0.5) is 5.69 Å². The van der Waals surface area contributed by atoms with E-state index in [1.807, 2.05) is 32.0 Å². The lowest BCUT2D eigenvalue weighted by molar-refractivity contribution is -0.120. The summed E-state index contributed by atoms with van der Waals surface area (Å²) in [6.07, 6.45) is 2.34. The van der Waals surface area contributed by atoms with E-state index < -0.39 is 10.0 Å². The minimum Gasteiger partial charge on any atom is -0.354 e. The van der Waals surface area contributed by atoms with Gasteiger partial charge in [0.25, 0.3) is 0 Å². The van der Waals surface area contributed by atoms with Crippen molar-refractivity contribution >= 4 is 21.6 Å². The van der Waals surface area contributed by atoms with Gasteiger partial charge in [-0.15, -0.1) is 0 Å². The summed E-state index contributed by atoms with van der Waals surface area (Å²) in [5.41, 5.74) is 2.64. The van der Waals surface area contributed by atoms with Crippen LogP contribution in [0.2, 0.25) is 0 Å². The number of hydrogen-bond donors (Lipinski definition) is 1.